The van der Waals surface area contributed by atoms with Gasteiger partial charge in [-0.3, -0.25) is 0 Å². The average molecular weight is 369 g/mol. The molecule has 144 valence electrons. The quantitative estimate of drug-likeness (QED) is 0.283. The number of nitrogens with one attached hydrogen (secondary N) is 1. The number of esters is 2. The van der Waals surface area contributed by atoms with Crippen LogP contribution in [0.5, 0.6) is 5.75 Å². The van der Waals surface area contributed by atoms with Crippen molar-refractivity contribution in [1.29, 1.82) is 0 Å². The van der Waals surface area contributed by atoms with Gasteiger partial charge in [0.2, 0.25) is 0 Å². The number of anilines is 1. The molecular formula is C22H27NO4. The molecule has 2 N–H and O–H groups in total. The van der Waals surface area contributed by atoms with Crippen LogP contribution in [0.1, 0.15) is 65.8 Å². The summed E-state index contributed by atoms with van der Waals surface area (Å²) in [5, 5.41) is 13.2. The molecule has 2 rings (SSSR count). The van der Waals surface area contributed by atoms with Crippen LogP contribution in [-0.4, -0.2) is 23.6 Å². The monoisotopic (exact) mass is 369 g/mol. The zero-order chi connectivity index (χ0) is 19.6. The molecule has 0 aliphatic rings. The second kappa shape index (κ2) is 10.4. The Bertz CT molecular complexity index is 786. The molecule has 0 fully saturated rings. The van der Waals surface area contributed by atoms with Gasteiger partial charge in [-0.05, 0) is 43.5 Å². The Balaban J connectivity index is 2.11. The number of hydrogen-bond donors (Lipinski definition) is 2. The molecule has 0 saturated heterocycles. The second-order valence-electron chi connectivity index (χ2n) is 6.38. The molecule has 0 spiro atoms. The smallest absolute Gasteiger partial charge is 0.349 e. The molecule has 0 heterocycles. The maximum absolute atomic E-state index is 12.5. The average Bonchev–Trinajstić information content (AvgIpc) is 2.67. The summed E-state index contributed by atoms with van der Waals surface area (Å²) < 4.78 is 5.04. The fraction of sp³-hybridized carbons (Fsp3) is 0.364. The molecule has 0 atom stereocenters. The lowest BCUT2D eigenvalue weighted by atomic mass is 10.0. The summed E-state index contributed by atoms with van der Waals surface area (Å²) >= 11 is 0. The van der Waals surface area contributed by atoms with Crippen LogP contribution < -0.4 is 5.32 Å². The van der Waals surface area contributed by atoms with Crippen molar-refractivity contribution < 1.29 is 19.4 Å². The first-order valence-electron chi connectivity index (χ1n) is 9.48. The molecule has 0 amide bonds. The van der Waals surface area contributed by atoms with Gasteiger partial charge in [0.05, 0.1) is 11.3 Å². The third kappa shape index (κ3) is 5.58. The lowest BCUT2D eigenvalue weighted by molar-refractivity contribution is 0.0395. The zero-order valence-electron chi connectivity index (χ0n) is 16.0. The van der Waals surface area contributed by atoms with E-state index in [1.807, 2.05) is 19.1 Å². The van der Waals surface area contributed by atoms with Gasteiger partial charge in [0, 0.05) is 6.54 Å². The van der Waals surface area contributed by atoms with E-state index in [1.54, 1.807) is 24.3 Å². The molecule has 5 heteroatoms. The van der Waals surface area contributed by atoms with Gasteiger partial charge >= 0.3 is 11.9 Å². The number of ether oxygens (including phenoxy) is 1. The Kier molecular flexibility index (Phi) is 7.86. The van der Waals surface area contributed by atoms with E-state index >= 15 is 0 Å². The van der Waals surface area contributed by atoms with Gasteiger partial charge < -0.3 is 15.2 Å². The molecule has 0 unspecified atom stereocenters. The number of hydrogen-bond acceptors (Lipinski definition) is 5. The molecule has 2 aromatic rings. The minimum absolute atomic E-state index is 0.0396. The summed E-state index contributed by atoms with van der Waals surface area (Å²) in [5.41, 5.74) is 1.65. The van der Waals surface area contributed by atoms with E-state index in [2.05, 4.69) is 12.2 Å². The highest BCUT2D eigenvalue weighted by Crippen LogP contribution is 2.28. The minimum atomic E-state index is -0.863. The van der Waals surface area contributed by atoms with E-state index in [4.69, 9.17) is 4.74 Å². The number of carbonyl (C=O) groups is 2. The zero-order valence-corrected chi connectivity index (χ0v) is 16.0. The highest BCUT2D eigenvalue weighted by Gasteiger charge is 2.21. The Morgan fingerprint density at radius 3 is 2.37 bits per heavy atom. The molecule has 5 nitrogen and oxygen atoms in total. The topological polar surface area (TPSA) is 75.6 Å². The first-order valence-corrected chi connectivity index (χ1v) is 9.48. The van der Waals surface area contributed by atoms with Gasteiger partial charge in [0.15, 0.2) is 5.75 Å². The molecule has 0 bridgehead atoms. The predicted molar refractivity (Wildman–Crippen MR) is 106 cm³/mol. The molecule has 27 heavy (non-hydrogen) atoms. The van der Waals surface area contributed by atoms with E-state index in [0.29, 0.717) is 17.8 Å². The molecule has 0 radical (unpaired) electrons. The van der Waals surface area contributed by atoms with Crippen LogP contribution in [0.2, 0.25) is 0 Å². The van der Waals surface area contributed by atoms with Crippen molar-refractivity contribution in [2.24, 2.45) is 0 Å². The normalized spacial score (nSPS) is 10.4. The maximum atomic E-state index is 12.5. The Morgan fingerprint density at radius 2 is 1.63 bits per heavy atom. The van der Waals surface area contributed by atoms with Crippen LogP contribution in [0.3, 0.4) is 0 Å². The number of phenolic OH excluding ortho intramolecular Hbond substituents is 1. The second-order valence-corrected chi connectivity index (χ2v) is 6.38. The first kappa shape index (κ1) is 20.5. The van der Waals surface area contributed by atoms with Crippen LogP contribution in [0.25, 0.3) is 0 Å². The van der Waals surface area contributed by atoms with Crippen molar-refractivity contribution in [3.05, 3.63) is 59.2 Å². The van der Waals surface area contributed by atoms with Crippen molar-refractivity contribution in [3.8, 4) is 5.75 Å². The summed E-state index contributed by atoms with van der Waals surface area (Å²) in [4.78, 5) is 24.9. The number of phenols is 1. The van der Waals surface area contributed by atoms with E-state index in [-0.39, 0.29) is 11.3 Å². The molecule has 0 aliphatic heterocycles. The van der Waals surface area contributed by atoms with Gasteiger partial charge in [-0.15, -0.1) is 0 Å². The molecular weight excluding hydrogens is 342 g/mol. The van der Waals surface area contributed by atoms with Crippen LogP contribution in [0.4, 0.5) is 5.69 Å². The van der Waals surface area contributed by atoms with Crippen molar-refractivity contribution in [1.82, 2.24) is 0 Å². The van der Waals surface area contributed by atoms with Gasteiger partial charge in [0.1, 0.15) is 5.56 Å². The van der Waals surface area contributed by atoms with E-state index < -0.39 is 11.9 Å². The van der Waals surface area contributed by atoms with Crippen molar-refractivity contribution in [3.63, 3.8) is 0 Å². The van der Waals surface area contributed by atoms with Crippen LogP contribution in [0.15, 0.2) is 42.5 Å². The Morgan fingerprint density at radius 1 is 0.926 bits per heavy atom. The van der Waals surface area contributed by atoms with Crippen LogP contribution in [0, 0.1) is 0 Å². The van der Waals surface area contributed by atoms with Crippen LogP contribution in [-0.2, 0) is 11.2 Å². The number of unbranched alkanes of at least 4 members (excludes halogenated alkanes) is 3. The van der Waals surface area contributed by atoms with E-state index in [9.17, 15) is 14.7 Å². The van der Waals surface area contributed by atoms with Crippen molar-refractivity contribution in [2.45, 2.75) is 46.0 Å². The third-order valence-electron chi connectivity index (χ3n) is 4.35. The Labute approximate surface area is 160 Å². The van der Waals surface area contributed by atoms with Crippen molar-refractivity contribution in [2.75, 3.05) is 11.9 Å². The lowest BCUT2D eigenvalue weighted by Crippen LogP contribution is -2.15. The predicted octanol–water partition coefficient (Wildman–Crippen LogP) is 4.94. The van der Waals surface area contributed by atoms with Crippen molar-refractivity contribution >= 4 is 17.6 Å². The van der Waals surface area contributed by atoms with Gasteiger partial charge in [-0.25, -0.2) is 9.59 Å². The van der Waals surface area contributed by atoms with Crippen LogP contribution >= 0.6 is 0 Å². The maximum Gasteiger partial charge on any atom is 0.349 e. The molecule has 2 aromatic carbocycles. The molecule has 0 saturated carbocycles. The largest absolute Gasteiger partial charge is 0.505 e. The molecule has 0 aromatic heterocycles. The third-order valence-corrected chi connectivity index (χ3v) is 4.35. The number of aryl methyl sites for hydroxylation is 1. The van der Waals surface area contributed by atoms with E-state index in [1.165, 1.54) is 6.07 Å². The number of para-hydroxylation sites is 1. The number of carbonyl (C=O) groups excluding carboxylic acids is 2. The SMILES string of the molecule is CCCCCCc1ccccc1C(=O)OC(=O)c1cccc(NCC)c1O. The summed E-state index contributed by atoms with van der Waals surface area (Å²) in [5.74, 6) is -1.78. The highest BCUT2D eigenvalue weighted by atomic mass is 16.6. The van der Waals surface area contributed by atoms with Gasteiger partial charge in [-0.1, -0.05) is 50.5 Å². The fourth-order valence-corrected chi connectivity index (χ4v) is 2.92. The minimum Gasteiger partial charge on any atom is -0.505 e. The highest BCUT2D eigenvalue weighted by molar-refractivity contribution is 6.05. The number of rotatable bonds is 9. The molecule has 0 aliphatic carbocycles. The summed E-state index contributed by atoms with van der Waals surface area (Å²) in [6, 6.07) is 11.9. The fourth-order valence-electron chi connectivity index (χ4n) is 2.92. The number of aromatic hydroxyl groups is 1. The first-order chi connectivity index (χ1) is 13.1. The van der Waals surface area contributed by atoms with Gasteiger partial charge in [0.25, 0.3) is 0 Å². The summed E-state index contributed by atoms with van der Waals surface area (Å²) in [6.45, 7) is 4.62. The van der Waals surface area contributed by atoms with Gasteiger partial charge in [-0.2, -0.15) is 0 Å². The lowest BCUT2D eigenvalue weighted by Gasteiger charge is -2.11. The summed E-state index contributed by atoms with van der Waals surface area (Å²) in [7, 11) is 0. The Hall–Kier alpha value is -2.82. The summed E-state index contributed by atoms with van der Waals surface area (Å²) in [6.07, 6.45) is 5.16. The number of benzene rings is 2. The van der Waals surface area contributed by atoms with E-state index in [0.717, 1.165) is 37.7 Å². The standard InChI is InChI=1S/C22H27NO4/c1-3-5-6-7-11-16-12-8-9-13-17(16)21(25)27-22(26)18-14-10-15-19(20(18)24)23-4-2/h8-10,12-15,23-24H,3-7,11H2,1-2H3.